The van der Waals surface area contributed by atoms with Gasteiger partial charge in [0.2, 0.25) is 0 Å². The third kappa shape index (κ3) is 2.98. The molecule has 5 nitrogen and oxygen atoms in total. The number of amides is 1. The number of hydrogen-bond donors (Lipinski definition) is 2. The van der Waals surface area contributed by atoms with E-state index in [0.29, 0.717) is 30.2 Å². The number of nitrogens with one attached hydrogen (secondary N) is 1. The molecular weight excluding hydrogens is 244 g/mol. The third-order valence-corrected chi connectivity index (χ3v) is 3.51. The van der Waals surface area contributed by atoms with Gasteiger partial charge >= 0.3 is 0 Å². The van der Waals surface area contributed by atoms with Crippen LogP contribution < -0.4 is 15.8 Å². The molecule has 0 saturated carbocycles. The van der Waals surface area contributed by atoms with Crippen molar-refractivity contribution in [1.29, 1.82) is 0 Å². The maximum atomic E-state index is 12.4. The lowest BCUT2D eigenvalue weighted by Crippen LogP contribution is -2.49. The van der Waals surface area contributed by atoms with E-state index in [0.717, 1.165) is 12.8 Å². The van der Waals surface area contributed by atoms with Gasteiger partial charge in [-0.1, -0.05) is 6.07 Å². The molecule has 0 bridgehead atoms. The van der Waals surface area contributed by atoms with Crippen LogP contribution in [0.15, 0.2) is 18.2 Å². The average molecular weight is 264 g/mol. The van der Waals surface area contributed by atoms with E-state index >= 15 is 0 Å². The zero-order valence-electron chi connectivity index (χ0n) is 11.4. The zero-order chi connectivity index (χ0) is 13.9. The largest absolute Gasteiger partial charge is 0.494 e. The summed E-state index contributed by atoms with van der Waals surface area (Å²) >= 11 is 0. The van der Waals surface area contributed by atoms with Crippen LogP contribution >= 0.6 is 0 Å². The zero-order valence-corrected chi connectivity index (χ0v) is 11.4. The molecule has 3 N–H and O–H groups in total. The fourth-order valence-electron chi connectivity index (χ4n) is 2.25. The van der Waals surface area contributed by atoms with Gasteiger partial charge in [0.1, 0.15) is 0 Å². The van der Waals surface area contributed by atoms with Crippen LogP contribution in [0.5, 0.6) is 5.75 Å². The molecule has 0 radical (unpaired) electrons. The summed E-state index contributed by atoms with van der Waals surface area (Å²) in [7, 11) is 1.51. The molecular formula is C14H20N2O3. The first-order valence-corrected chi connectivity index (χ1v) is 6.38. The van der Waals surface area contributed by atoms with Crippen molar-refractivity contribution in [2.75, 3.05) is 26.1 Å². The number of methoxy groups -OCH3 is 1. The minimum Gasteiger partial charge on any atom is -0.494 e. The van der Waals surface area contributed by atoms with Crippen molar-refractivity contribution in [3.63, 3.8) is 0 Å². The van der Waals surface area contributed by atoms with Gasteiger partial charge in [-0.25, -0.2) is 0 Å². The highest BCUT2D eigenvalue weighted by Crippen LogP contribution is 2.27. The van der Waals surface area contributed by atoms with Gasteiger partial charge in [0.15, 0.2) is 5.75 Å². The van der Waals surface area contributed by atoms with Gasteiger partial charge in [0.05, 0.1) is 18.4 Å². The normalized spacial score (nSPS) is 17.8. The Hall–Kier alpha value is -1.75. The minimum atomic E-state index is -0.231. The summed E-state index contributed by atoms with van der Waals surface area (Å²) in [5.74, 6) is 0.268. The maximum Gasteiger partial charge on any atom is 0.255 e. The molecule has 1 aliphatic rings. The fourth-order valence-corrected chi connectivity index (χ4v) is 2.25. The van der Waals surface area contributed by atoms with Crippen LogP contribution in [-0.2, 0) is 4.74 Å². The summed E-state index contributed by atoms with van der Waals surface area (Å²) in [5, 5.41) is 3.06. The summed E-state index contributed by atoms with van der Waals surface area (Å²) in [4.78, 5) is 12.4. The van der Waals surface area contributed by atoms with Crippen LogP contribution in [0, 0.1) is 0 Å². The highest BCUT2D eigenvalue weighted by Gasteiger charge is 2.30. The van der Waals surface area contributed by atoms with Crippen molar-refractivity contribution in [3.8, 4) is 5.75 Å². The summed E-state index contributed by atoms with van der Waals surface area (Å²) in [6.45, 7) is 3.38. The number of carbonyl (C=O) groups is 1. The van der Waals surface area contributed by atoms with Crippen molar-refractivity contribution in [1.82, 2.24) is 5.32 Å². The highest BCUT2D eigenvalue weighted by atomic mass is 16.5. The van der Waals surface area contributed by atoms with Crippen LogP contribution in [0.4, 0.5) is 5.69 Å². The van der Waals surface area contributed by atoms with Crippen molar-refractivity contribution < 1.29 is 14.3 Å². The molecule has 0 aromatic heterocycles. The number of anilines is 1. The highest BCUT2D eigenvalue weighted by molar-refractivity contribution is 5.99. The minimum absolute atomic E-state index is 0.159. The second-order valence-corrected chi connectivity index (χ2v) is 5.06. The van der Waals surface area contributed by atoms with Gasteiger partial charge < -0.3 is 20.5 Å². The lowest BCUT2D eigenvalue weighted by Gasteiger charge is -2.34. The smallest absolute Gasteiger partial charge is 0.255 e. The van der Waals surface area contributed by atoms with Gasteiger partial charge in [0.25, 0.3) is 5.91 Å². The van der Waals surface area contributed by atoms with E-state index in [1.54, 1.807) is 18.2 Å². The number of ether oxygens (including phenoxy) is 2. The Kier molecular flexibility index (Phi) is 3.95. The molecule has 1 heterocycles. The second kappa shape index (κ2) is 5.48. The Morgan fingerprint density at radius 3 is 2.74 bits per heavy atom. The first kappa shape index (κ1) is 13.7. The Labute approximate surface area is 113 Å². The summed E-state index contributed by atoms with van der Waals surface area (Å²) < 4.78 is 10.5. The molecule has 0 unspecified atom stereocenters. The van der Waals surface area contributed by atoms with E-state index in [9.17, 15) is 4.79 Å². The van der Waals surface area contributed by atoms with E-state index in [1.807, 2.05) is 6.92 Å². The Morgan fingerprint density at radius 1 is 1.42 bits per heavy atom. The van der Waals surface area contributed by atoms with Crippen LogP contribution in [0.25, 0.3) is 0 Å². The molecule has 2 rings (SSSR count). The molecule has 1 saturated heterocycles. The number of nitrogens with two attached hydrogens (primary N) is 1. The summed E-state index contributed by atoms with van der Waals surface area (Å²) in [6, 6.07) is 5.18. The van der Waals surface area contributed by atoms with Crippen LogP contribution in [0.2, 0.25) is 0 Å². The van der Waals surface area contributed by atoms with Gasteiger partial charge in [-0.3, -0.25) is 4.79 Å². The van der Waals surface area contributed by atoms with Gasteiger partial charge in [0, 0.05) is 18.8 Å². The number of hydrogen-bond acceptors (Lipinski definition) is 4. The summed E-state index contributed by atoms with van der Waals surface area (Å²) in [6.07, 6.45) is 1.62. The number of nitrogen functional groups attached to an aromatic ring is 1. The molecule has 104 valence electrons. The molecule has 1 aromatic rings. The molecule has 0 spiro atoms. The lowest BCUT2D eigenvalue weighted by atomic mass is 9.92. The van der Waals surface area contributed by atoms with Gasteiger partial charge in [-0.2, -0.15) is 0 Å². The number of rotatable bonds is 3. The fraction of sp³-hybridized carbons (Fsp3) is 0.500. The predicted octanol–water partition coefficient (Wildman–Crippen LogP) is 1.58. The molecule has 1 aliphatic heterocycles. The first-order chi connectivity index (χ1) is 9.06. The van der Waals surface area contributed by atoms with E-state index in [-0.39, 0.29) is 11.4 Å². The van der Waals surface area contributed by atoms with Gasteiger partial charge in [-0.05, 0) is 31.9 Å². The van der Waals surface area contributed by atoms with Crippen LogP contribution in [-0.4, -0.2) is 31.8 Å². The first-order valence-electron chi connectivity index (χ1n) is 6.38. The van der Waals surface area contributed by atoms with E-state index in [2.05, 4.69) is 5.32 Å². The van der Waals surface area contributed by atoms with Crippen molar-refractivity contribution in [2.24, 2.45) is 0 Å². The molecule has 5 heteroatoms. The number of benzene rings is 1. The Balaban J connectivity index is 2.18. The maximum absolute atomic E-state index is 12.4. The second-order valence-electron chi connectivity index (χ2n) is 5.06. The molecule has 0 atom stereocenters. The van der Waals surface area contributed by atoms with Crippen molar-refractivity contribution in [2.45, 2.75) is 25.3 Å². The topological polar surface area (TPSA) is 73.6 Å². The van der Waals surface area contributed by atoms with Crippen molar-refractivity contribution in [3.05, 3.63) is 23.8 Å². The number of para-hydroxylation sites is 1. The van der Waals surface area contributed by atoms with E-state index in [4.69, 9.17) is 15.2 Å². The van der Waals surface area contributed by atoms with Gasteiger partial charge in [-0.15, -0.1) is 0 Å². The van der Waals surface area contributed by atoms with Crippen LogP contribution in [0.3, 0.4) is 0 Å². The molecule has 0 aliphatic carbocycles. The predicted molar refractivity (Wildman–Crippen MR) is 73.3 cm³/mol. The average Bonchev–Trinajstić information content (AvgIpc) is 2.38. The molecule has 19 heavy (non-hydrogen) atoms. The standard InChI is InChI=1S/C14H20N2O3/c1-14(6-8-19-9-7-14)16-13(17)10-4-3-5-11(15)12(10)18-2/h3-5H,6-9,15H2,1-2H3,(H,16,17). The molecule has 1 aromatic carbocycles. The SMILES string of the molecule is COc1c(N)cccc1C(=O)NC1(C)CCOCC1. The summed E-state index contributed by atoms with van der Waals surface area (Å²) in [5.41, 5.74) is 6.51. The third-order valence-electron chi connectivity index (χ3n) is 3.51. The monoisotopic (exact) mass is 264 g/mol. The quantitative estimate of drug-likeness (QED) is 0.813. The van der Waals surface area contributed by atoms with E-state index < -0.39 is 0 Å². The van der Waals surface area contributed by atoms with E-state index in [1.165, 1.54) is 7.11 Å². The number of carbonyl (C=O) groups excluding carboxylic acids is 1. The Bertz CT molecular complexity index is 468. The van der Waals surface area contributed by atoms with Crippen LogP contribution in [0.1, 0.15) is 30.1 Å². The molecule has 1 amide bonds. The lowest BCUT2D eigenvalue weighted by molar-refractivity contribution is 0.0422. The van der Waals surface area contributed by atoms with Crippen molar-refractivity contribution >= 4 is 11.6 Å². The molecule has 1 fully saturated rings. The Morgan fingerprint density at radius 2 is 2.11 bits per heavy atom.